The normalized spacial score (nSPS) is 12.0. The van der Waals surface area contributed by atoms with E-state index in [1.807, 2.05) is 13.8 Å². The minimum Gasteiger partial charge on any atom is -0.497 e. The smallest absolute Gasteiger partial charge is 0.264 e. The fourth-order valence-electron chi connectivity index (χ4n) is 4.09. The number of ether oxygens (including phenoxy) is 1. The van der Waals surface area contributed by atoms with Gasteiger partial charge in [0, 0.05) is 19.2 Å². The second-order valence-corrected chi connectivity index (χ2v) is 12.3. The first-order valence-electron chi connectivity index (χ1n) is 13.2. The molecule has 1 N–H and O–H groups in total. The van der Waals surface area contributed by atoms with Crippen molar-refractivity contribution in [3.8, 4) is 5.75 Å². The van der Waals surface area contributed by atoms with Gasteiger partial charge in [0.15, 0.2) is 0 Å². The van der Waals surface area contributed by atoms with E-state index in [1.54, 1.807) is 61.5 Å². The zero-order chi connectivity index (χ0) is 30.2. The lowest BCUT2D eigenvalue weighted by Crippen LogP contribution is -2.51. The number of nitrogens with zero attached hydrogens (tertiary/aromatic N) is 2. The molecule has 1 atom stereocenters. The van der Waals surface area contributed by atoms with Crippen molar-refractivity contribution < 1.29 is 22.7 Å². The van der Waals surface area contributed by atoms with Gasteiger partial charge in [-0.1, -0.05) is 66.4 Å². The van der Waals surface area contributed by atoms with E-state index in [1.165, 1.54) is 24.1 Å². The van der Waals surface area contributed by atoms with E-state index < -0.39 is 28.5 Å². The largest absolute Gasteiger partial charge is 0.497 e. The molecule has 0 saturated heterocycles. The van der Waals surface area contributed by atoms with Crippen molar-refractivity contribution in [2.45, 2.75) is 51.1 Å². The number of nitrogens with one attached hydrogen (secondary N) is 1. The average Bonchev–Trinajstić information content (AvgIpc) is 2.96. The first kappa shape index (κ1) is 32.2. The predicted octanol–water partition coefficient (Wildman–Crippen LogP) is 5.84. The number of hydrogen-bond donors (Lipinski definition) is 1. The standard InChI is InChI=1S/C30H35Cl2N3O5S/c1-5-6-16-33-30(37)22(3)34(19-23-12-15-27(31)28(32)17-23)29(36)20-35(24-8-7-9-25(18-24)40-4)41(38,39)26-13-10-21(2)11-14-26/h7-15,17-18,22H,5-6,16,19-20H2,1-4H3,(H,33,37). The number of anilines is 1. The van der Waals surface area contributed by atoms with E-state index in [9.17, 15) is 18.0 Å². The summed E-state index contributed by atoms with van der Waals surface area (Å²) in [5.41, 5.74) is 1.77. The van der Waals surface area contributed by atoms with Gasteiger partial charge in [-0.25, -0.2) is 8.42 Å². The van der Waals surface area contributed by atoms with Crippen LogP contribution in [0, 0.1) is 6.92 Å². The van der Waals surface area contributed by atoms with E-state index in [2.05, 4.69) is 5.32 Å². The maximum atomic E-state index is 14.0. The van der Waals surface area contributed by atoms with Crippen LogP contribution in [0.4, 0.5) is 5.69 Å². The zero-order valence-corrected chi connectivity index (χ0v) is 25.9. The molecule has 41 heavy (non-hydrogen) atoms. The zero-order valence-electron chi connectivity index (χ0n) is 23.6. The van der Waals surface area contributed by atoms with Gasteiger partial charge >= 0.3 is 0 Å². The number of halogens is 2. The van der Waals surface area contributed by atoms with E-state index in [0.29, 0.717) is 27.9 Å². The molecule has 3 rings (SSSR count). The summed E-state index contributed by atoms with van der Waals surface area (Å²) in [6.07, 6.45) is 1.69. The summed E-state index contributed by atoms with van der Waals surface area (Å²) in [4.78, 5) is 28.4. The van der Waals surface area contributed by atoms with Crippen LogP contribution < -0.4 is 14.4 Å². The van der Waals surface area contributed by atoms with E-state index in [0.717, 1.165) is 22.7 Å². The van der Waals surface area contributed by atoms with Crippen LogP contribution in [0.2, 0.25) is 10.0 Å². The number of unbranched alkanes of at least 4 members (excludes halogenated alkanes) is 1. The summed E-state index contributed by atoms with van der Waals surface area (Å²) >= 11 is 12.3. The van der Waals surface area contributed by atoms with Crippen molar-refractivity contribution in [3.05, 3.63) is 87.9 Å². The van der Waals surface area contributed by atoms with Gasteiger partial charge < -0.3 is 15.0 Å². The summed E-state index contributed by atoms with van der Waals surface area (Å²) < 4.78 is 34.2. The van der Waals surface area contributed by atoms with Crippen molar-refractivity contribution in [3.63, 3.8) is 0 Å². The number of sulfonamides is 1. The van der Waals surface area contributed by atoms with Crippen molar-refractivity contribution in [1.82, 2.24) is 10.2 Å². The van der Waals surface area contributed by atoms with E-state index >= 15 is 0 Å². The van der Waals surface area contributed by atoms with Crippen LogP contribution in [-0.2, 0) is 26.2 Å². The third-order valence-electron chi connectivity index (χ3n) is 6.56. The molecule has 0 aliphatic carbocycles. The van der Waals surface area contributed by atoms with Crippen LogP contribution in [0.15, 0.2) is 71.6 Å². The predicted molar refractivity (Wildman–Crippen MR) is 163 cm³/mol. The maximum absolute atomic E-state index is 14.0. The van der Waals surface area contributed by atoms with Crippen LogP contribution in [0.3, 0.4) is 0 Å². The fraction of sp³-hybridized carbons (Fsp3) is 0.333. The van der Waals surface area contributed by atoms with Gasteiger partial charge in [0.25, 0.3) is 10.0 Å². The lowest BCUT2D eigenvalue weighted by atomic mass is 10.1. The minimum absolute atomic E-state index is 0.00855. The highest BCUT2D eigenvalue weighted by Crippen LogP contribution is 2.28. The monoisotopic (exact) mass is 619 g/mol. The molecule has 0 aromatic heterocycles. The van der Waals surface area contributed by atoms with Gasteiger partial charge in [-0.3, -0.25) is 13.9 Å². The molecule has 0 aliphatic heterocycles. The molecule has 0 aliphatic rings. The van der Waals surface area contributed by atoms with Gasteiger partial charge in [-0.2, -0.15) is 0 Å². The first-order chi connectivity index (χ1) is 19.5. The van der Waals surface area contributed by atoms with Crippen LogP contribution in [0.1, 0.15) is 37.8 Å². The molecule has 1 unspecified atom stereocenters. The number of benzene rings is 3. The molecule has 11 heteroatoms. The van der Waals surface area contributed by atoms with Crippen LogP contribution in [0.25, 0.3) is 0 Å². The lowest BCUT2D eigenvalue weighted by Gasteiger charge is -2.32. The number of rotatable bonds is 13. The SMILES string of the molecule is CCCCNC(=O)C(C)N(Cc1ccc(Cl)c(Cl)c1)C(=O)CN(c1cccc(OC)c1)S(=O)(=O)c1ccc(C)cc1. The number of hydrogen-bond acceptors (Lipinski definition) is 5. The van der Waals surface area contributed by atoms with Crippen LogP contribution in [-0.4, -0.2) is 51.4 Å². The van der Waals surface area contributed by atoms with Crippen molar-refractivity contribution >= 4 is 50.7 Å². The molecule has 0 saturated carbocycles. The number of carbonyl (C=O) groups excluding carboxylic acids is 2. The van der Waals surface area contributed by atoms with Crippen molar-refractivity contribution in [2.24, 2.45) is 0 Å². The third-order valence-corrected chi connectivity index (χ3v) is 9.09. The Morgan fingerprint density at radius 1 is 1.00 bits per heavy atom. The Kier molecular flexibility index (Phi) is 11.5. The summed E-state index contributed by atoms with van der Waals surface area (Å²) in [6.45, 7) is 5.39. The Labute approximate surface area is 252 Å². The molecule has 2 amide bonds. The first-order valence-corrected chi connectivity index (χ1v) is 15.4. The number of carbonyl (C=O) groups is 2. The van der Waals surface area contributed by atoms with Crippen LogP contribution in [0.5, 0.6) is 5.75 Å². The molecule has 220 valence electrons. The van der Waals surface area contributed by atoms with Crippen molar-refractivity contribution in [1.29, 1.82) is 0 Å². The topological polar surface area (TPSA) is 96.0 Å². The van der Waals surface area contributed by atoms with E-state index in [-0.39, 0.29) is 23.0 Å². The lowest BCUT2D eigenvalue weighted by molar-refractivity contribution is -0.139. The summed E-state index contributed by atoms with van der Waals surface area (Å²) in [7, 11) is -2.71. The number of methoxy groups -OCH3 is 1. The quantitative estimate of drug-likeness (QED) is 0.243. The maximum Gasteiger partial charge on any atom is 0.264 e. The van der Waals surface area contributed by atoms with E-state index in [4.69, 9.17) is 27.9 Å². The molecule has 3 aromatic rings. The average molecular weight is 621 g/mol. The molecular formula is C30H35Cl2N3O5S. The second kappa shape index (κ2) is 14.6. The Morgan fingerprint density at radius 3 is 2.34 bits per heavy atom. The molecule has 3 aromatic carbocycles. The highest BCUT2D eigenvalue weighted by atomic mass is 35.5. The van der Waals surface area contributed by atoms with Crippen LogP contribution >= 0.6 is 23.2 Å². The number of aryl methyl sites for hydroxylation is 1. The Bertz CT molecular complexity index is 1470. The van der Waals surface area contributed by atoms with Gasteiger partial charge in [-0.15, -0.1) is 0 Å². The molecule has 0 bridgehead atoms. The summed E-state index contributed by atoms with van der Waals surface area (Å²) in [5, 5.41) is 3.51. The minimum atomic E-state index is -4.18. The Hall–Kier alpha value is -3.27. The van der Waals surface area contributed by atoms with Gasteiger partial charge in [0.1, 0.15) is 18.3 Å². The summed E-state index contributed by atoms with van der Waals surface area (Å²) in [6, 6.07) is 16.9. The highest BCUT2D eigenvalue weighted by molar-refractivity contribution is 7.92. The van der Waals surface area contributed by atoms with Gasteiger partial charge in [0.05, 0.1) is 27.7 Å². The Morgan fingerprint density at radius 2 is 1.71 bits per heavy atom. The third kappa shape index (κ3) is 8.38. The summed E-state index contributed by atoms with van der Waals surface area (Å²) in [5.74, 6) is -0.496. The molecule has 0 spiro atoms. The molecule has 0 fully saturated rings. The van der Waals surface area contributed by atoms with Gasteiger partial charge in [-0.05, 0) is 62.2 Å². The molecular weight excluding hydrogens is 585 g/mol. The fourth-order valence-corrected chi connectivity index (χ4v) is 5.81. The molecule has 0 heterocycles. The van der Waals surface area contributed by atoms with Gasteiger partial charge in [0.2, 0.25) is 11.8 Å². The number of amides is 2. The van der Waals surface area contributed by atoms with Crippen molar-refractivity contribution in [2.75, 3.05) is 24.5 Å². The highest BCUT2D eigenvalue weighted by Gasteiger charge is 2.32. The molecule has 0 radical (unpaired) electrons. The second-order valence-electron chi connectivity index (χ2n) is 9.62. The molecule has 8 nitrogen and oxygen atoms in total. The Balaban J connectivity index is 2.03.